The van der Waals surface area contributed by atoms with Gasteiger partial charge in [-0.1, -0.05) is 6.07 Å². The van der Waals surface area contributed by atoms with Crippen molar-refractivity contribution in [3.05, 3.63) is 53.8 Å². The molecule has 0 fully saturated rings. The Morgan fingerprint density at radius 3 is 2.36 bits per heavy atom. The highest BCUT2D eigenvalue weighted by Crippen LogP contribution is 2.23. The van der Waals surface area contributed by atoms with Crippen LogP contribution in [0.3, 0.4) is 0 Å². The van der Waals surface area contributed by atoms with Gasteiger partial charge in [0.15, 0.2) is 11.6 Å². The molecule has 0 aliphatic carbocycles. The second-order valence-electron chi connectivity index (χ2n) is 4.08. The van der Waals surface area contributed by atoms with Gasteiger partial charge in [0.1, 0.15) is 16.5 Å². The lowest BCUT2D eigenvalue weighted by Crippen LogP contribution is -2.15. The lowest BCUT2D eigenvalue weighted by molar-refractivity contribution is 0.192. The van der Waals surface area contributed by atoms with E-state index < -0.39 is 39.2 Å². The fraction of sp³-hybridized carbons (Fsp3) is 0.0769. The second-order valence-corrected chi connectivity index (χ2v) is 5.73. The standard InChI is InChI=1S/C13H9F4NO3S/c14-7-21-9-3-1-2-8(4-9)18-22(19,20)13-6-11(16)10(15)5-12(13)17/h1-6,18H,7H2. The molecule has 118 valence electrons. The van der Waals surface area contributed by atoms with Crippen LogP contribution in [0.25, 0.3) is 0 Å². The number of alkyl halides is 1. The summed E-state index contributed by atoms with van der Waals surface area (Å²) in [6.45, 7) is -1.12. The predicted octanol–water partition coefficient (Wildman–Crippen LogP) is 3.21. The maximum Gasteiger partial charge on any atom is 0.264 e. The summed E-state index contributed by atoms with van der Waals surface area (Å²) in [7, 11) is -4.50. The average molecular weight is 335 g/mol. The van der Waals surface area contributed by atoms with Crippen molar-refractivity contribution in [2.24, 2.45) is 0 Å². The molecular weight excluding hydrogens is 326 g/mol. The van der Waals surface area contributed by atoms with Crippen LogP contribution in [0.4, 0.5) is 23.2 Å². The molecule has 4 nitrogen and oxygen atoms in total. The van der Waals surface area contributed by atoms with Crippen LogP contribution in [0.5, 0.6) is 5.75 Å². The Kier molecular flexibility index (Phi) is 4.55. The second kappa shape index (κ2) is 6.22. The number of hydrogen-bond acceptors (Lipinski definition) is 3. The number of anilines is 1. The lowest BCUT2D eigenvalue weighted by Gasteiger charge is -2.10. The van der Waals surface area contributed by atoms with Gasteiger partial charge in [0.25, 0.3) is 10.0 Å². The monoisotopic (exact) mass is 335 g/mol. The maximum absolute atomic E-state index is 13.5. The van der Waals surface area contributed by atoms with E-state index in [9.17, 15) is 26.0 Å². The number of hydrogen-bond donors (Lipinski definition) is 1. The van der Waals surface area contributed by atoms with Crippen molar-refractivity contribution in [2.75, 3.05) is 11.6 Å². The average Bonchev–Trinajstić information content (AvgIpc) is 2.43. The molecule has 22 heavy (non-hydrogen) atoms. The first-order valence-electron chi connectivity index (χ1n) is 5.79. The van der Waals surface area contributed by atoms with Crippen molar-refractivity contribution in [3.8, 4) is 5.75 Å². The summed E-state index contributed by atoms with van der Waals surface area (Å²) in [5.74, 6) is -4.41. The van der Waals surface area contributed by atoms with Gasteiger partial charge in [-0.05, 0) is 12.1 Å². The van der Waals surface area contributed by atoms with Crippen molar-refractivity contribution < 1.29 is 30.7 Å². The predicted molar refractivity (Wildman–Crippen MR) is 70.2 cm³/mol. The maximum atomic E-state index is 13.5. The summed E-state index contributed by atoms with van der Waals surface area (Å²) < 4.78 is 82.0. The van der Waals surface area contributed by atoms with Crippen LogP contribution in [-0.2, 0) is 10.0 Å². The molecule has 0 aliphatic rings. The van der Waals surface area contributed by atoms with Gasteiger partial charge in [-0.3, -0.25) is 4.72 Å². The molecule has 0 heterocycles. The first-order chi connectivity index (χ1) is 10.3. The molecule has 0 unspecified atom stereocenters. The lowest BCUT2D eigenvalue weighted by atomic mass is 10.3. The van der Waals surface area contributed by atoms with E-state index in [1.807, 2.05) is 4.72 Å². The molecule has 0 saturated heterocycles. The molecule has 0 atom stereocenters. The Bertz CT molecular complexity index is 796. The smallest absolute Gasteiger partial charge is 0.264 e. The van der Waals surface area contributed by atoms with Crippen LogP contribution in [-0.4, -0.2) is 15.3 Å². The Labute approximate surface area is 123 Å². The molecule has 0 aliphatic heterocycles. The normalized spacial score (nSPS) is 11.3. The van der Waals surface area contributed by atoms with Crippen molar-refractivity contribution in [1.82, 2.24) is 0 Å². The van der Waals surface area contributed by atoms with Gasteiger partial charge in [0.2, 0.25) is 6.86 Å². The molecule has 2 aromatic rings. The highest BCUT2D eigenvalue weighted by molar-refractivity contribution is 7.92. The van der Waals surface area contributed by atoms with Gasteiger partial charge in [-0.2, -0.15) is 0 Å². The summed E-state index contributed by atoms with van der Waals surface area (Å²) in [6, 6.07) is 5.54. The van der Waals surface area contributed by atoms with Gasteiger partial charge in [-0.25, -0.2) is 26.0 Å². The molecule has 1 N–H and O–H groups in total. The van der Waals surface area contributed by atoms with E-state index in [2.05, 4.69) is 4.74 Å². The highest BCUT2D eigenvalue weighted by atomic mass is 32.2. The Balaban J connectivity index is 2.36. The largest absolute Gasteiger partial charge is 0.463 e. The van der Waals surface area contributed by atoms with Crippen molar-refractivity contribution in [2.45, 2.75) is 4.90 Å². The number of halogens is 4. The van der Waals surface area contributed by atoms with Gasteiger partial charge in [0.05, 0.1) is 5.69 Å². The number of ether oxygens (including phenoxy) is 1. The summed E-state index contributed by atoms with van der Waals surface area (Å²) in [4.78, 5) is -1.05. The van der Waals surface area contributed by atoms with E-state index in [1.54, 1.807) is 0 Å². The molecule has 0 amide bonds. The molecule has 0 spiro atoms. The van der Waals surface area contributed by atoms with Crippen molar-refractivity contribution >= 4 is 15.7 Å². The van der Waals surface area contributed by atoms with E-state index in [4.69, 9.17) is 0 Å². The first kappa shape index (κ1) is 16.1. The topological polar surface area (TPSA) is 55.4 Å². The van der Waals surface area contributed by atoms with Crippen LogP contribution in [0, 0.1) is 17.5 Å². The third kappa shape index (κ3) is 3.48. The van der Waals surface area contributed by atoms with Gasteiger partial charge < -0.3 is 4.74 Å². The number of benzene rings is 2. The number of nitrogens with one attached hydrogen (secondary N) is 1. The zero-order chi connectivity index (χ0) is 16.3. The van der Waals surface area contributed by atoms with Crippen LogP contribution >= 0.6 is 0 Å². The van der Waals surface area contributed by atoms with Gasteiger partial charge in [-0.15, -0.1) is 0 Å². The van der Waals surface area contributed by atoms with Crippen LogP contribution < -0.4 is 9.46 Å². The number of sulfonamides is 1. The highest BCUT2D eigenvalue weighted by Gasteiger charge is 2.22. The molecule has 9 heteroatoms. The SMILES string of the molecule is O=S(=O)(Nc1cccc(OCF)c1)c1cc(F)c(F)cc1F. The molecule has 2 aromatic carbocycles. The van der Waals surface area contributed by atoms with E-state index in [-0.39, 0.29) is 23.6 Å². The summed E-state index contributed by atoms with van der Waals surface area (Å²) in [6.07, 6.45) is 0. The number of rotatable bonds is 5. The minimum absolute atomic E-state index is 0.0356. The van der Waals surface area contributed by atoms with Crippen molar-refractivity contribution in [1.29, 1.82) is 0 Å². The van der Waals surface area contributed by atoms with Crippen LogP contribution in [0.2, 0.25) is 0 Å². The Morgan fingerprint density at radius 1 is 1.00 bits per heavy atom. The van der Waals surface area contributed by atoms with E-state index in [0.29, 0.717) is 0 Å². The van der Waals surface area contributed by atoms with Crippen molar-refractivity contribution in [3.63, 3.8) is 0 Å². The third-order valence-corrected chi connectivity index (χ3v) is 3.97. The fourth-order valence-corrected chi connectivity index (χ4v) is 2.75. The fourth-order valence-electron chi connectivity index (χ4n) is 1.63. The molecule has 0 saturated carbocycles. The molecule has 0 bridgehead atoms. The van der Waals surface area contributed by atoms with E-state index >= 15 is 0 Å². The van der Waals surface area contributed by atoms with E-state index in [0.717, 1.165) is 6.07 Å². The van der Waals surface area contributed by atoms with E-state index in [1.165, 1.54) is 18.2 Å². The Morgan fingerprint density at radius 2 is 1.68 bits per heavy atom. The summed E-state index contributed by atoms with van der Waals surface area (Å²) in [5.41, 5.74) is -0.0601. The molecular formula is C13H9F4NO3S. The van der Waals surface area contributed by atoms with Gasteiger partial charge >= 0.3 is 0 Å². The minimum Gasteiger partial charge on any atom is -0.463 e. The minimum atomic E-state index is -4.50. The molecule has 0 aromatic heterocycles. The zero-order valence-electron chi connectivity index (χ0n) is 10.8. The van der Waals surface area contributed by atoms with Crippen LogP contribution in [0.1, 0.15) is 0 Å². The summed E-state index contributed by atoms with van der Waals surface area (Å²) >= 11 is 0. The third-order valence-electron chi connectivity index (χ3n) is 2.57. The van der Waals surface area contributed by atoms with Crippen LogP contribution in [0.15, 0.2) is 41.3 Å². The van der Waals surface area contributed by atoms with Gasteiger partial charge in [0, 0.05) is 18.2 Å². The quantitative estimate of drug-likeness (QED) is 0.674. The first-order valence-corrected chi connectivity index (χ1v) is 7.28. The molecule has 0 radical (unpaired) electrons. The molecule has 2 rings (SSSR count). The Hall–Kier alpha value is -2.29. The zero-order valence-corrected chi connectivity index (χ0v) is 11.6. The summed E-state index contributed by atoms with van der Waals surface area (Å²) in [5, 5.41) is 0.